The average Bonchev–Trinajstić information content (AvgIpc) is 3.65. The van der Waals surface area contributed by atoms with Gasteiger partial charge in [-0.05, 0) is 51.4 Å². The van der Waals surface area contributed by atoms with Gasteiger partial charge in [0.15, 0.2) is 0 Å². The monoisotopic (exact) mass is 539 g/mol. The fraction of sp³-hybridized carbons (Fsp3) is 0.483. The Hall–Kier alpha value is -3.85. The molecule has 0 amide bonds. The van der Waals surface area contributed by atoms with Crippen LogP contribution in [0.2, 0.25) is 0 Å². The Morgan fingerprint density at radius 3 is 2.67 bits per heavy atom. The molecule has 3 aliphatic rings. The number of rotatable bonds is 6. The number of nitrogens with zero attached hydrogens (tertiary/aromatic N) is 9. The zero-order chi connectivity index (χ0) is 27.2. The van der Waals surface area contributed by atoms with Gasteiger partial charge in [-0.25, -0.2) is 9.20 Å². The summed E-state index contributed by atoms with van der Waals surface area (Å²) >= 11 is 0. The molecule has 4 aromatic rings. The van der Waals surface area contributed by atoms with Crippen LogP contribution in [-0.2, 0) is 4.74 Å². The fourth-order valence-corrected chi connectivity index (χ4v) is 6.43. The third-order valence-corrected chi connectivity index (χ3v) is 8.74. The highest BCUT2D eigenvalue weighted by Gasteiger charge is 2.36. The number of ether oxygens (including phenoxy) is 2. The van der Waals surface area contributed by atoms with E-state index in [-0.39, 0.29) is 12.1 Å². The van der Waals surface area contributed by atoms with E-state index < -0.39 is 0 Å². The van der Waals surface area contributed by atoms with Crippen LogP contribution in [0.1, 0.15) is 48.3 Å². The summed E-state index contributed by atoms with van der Waals surface area (Å²) in [5.74, 6) is 0.623. The van der Waals surface area contributed by atoms with E-state index >= 15 is 0 Å². The van der Waals surface area contributed by atoms with Crippen LogP contribution in [0.25, 0.3) is 16.8 Å². The first-order valence-corrected chi connectivity index (χ1v) is 14.0. The number of likely N-dealkylation sites (tertiary alicyclic amines) is 2. The smallest absolute Gasteiger partial charge is 0.147 e. The van der Waals surface area contributed by atoms with Gasteiger partial charge in [0.05, 0.1) is 48.9 Å². The van der Waals surface area contributed by atoms with Crippen molar-refractivity contribution in [2.75, 3.05) is 39.9 Å². The quantitative estimate of drug-likeness (QED) is 0.365. The second kappa shape index (κ2) is 10.3. The Morgan fingerprint density at radius 1 is 1.10 bits per heavy atom. The van der Waals surface area contributed by atoms with Gasteiger partial charge in [0, 0.05) is 37.6 Å². The maximum Gasteiger partial charge on any atom is 0.147 e. The maximum atomic E-state index is 9.82. The summed E-state index contributed by atoms with van der Waals surface area (Å²) in [6.07, 6.45) is 8.15. The van der Waals surface area contributed by atoms with E-state index in [0.29, 0.717) is 28.9 Å². The van der Waals surface area contributed by atoms with Gasteiger partial charge in [0.1, 0.15) is 34.7 Å². The number of nitriles is 1. The van der Waals surface area contributed by atoms with Gasteiger partial charge in [-0.1, -0.05) is 11.3 Å². The molecule has 0 saturated carbocycles. The van der Waals surface area contributed by atoms with E-state index in [1.165, 1.54) is 0 Å². The lowest BCUT2D eigenvalue weighted by Gasteiger charge is -2.41. The van der Waals surface area contributed by atoms with Crippen LogP contribution < -0.4 is 4.74 Å². The number of piperidine rings is 1. The second-order valence-corrected chi connectivity index (χ2v) is 11.1. The highest BCUT2D eigenvalue weighted by atomic mass is 16.5. The second-order valence-electron chi connectivity index (χ2n) is 11.1. The first kappa shape index (κ1) is 25.1. The third kappa shape index (κ3) is 4.33. The number of hydrogen-bond donors (Lipinski definition) is 0. The minimum Gasteiger partial charge on any atom is -0.486 e. The normalized spacial score (nSPS) is 22.9. The Kier molecular flexibility index (Phi) is 6.46. The molecule has 3 saturated heterocycles. The van der Waals surface area contributed by atoms with Crippen molar-refractivity contribution in [3.8, 4) is 23.1 Å². The topological polar surface area (TPSA) is 110 Å². The molecule has 3 fully saturated rings. The van der Waals surface area contributed by atoms with Crippen LogP contribution in [0.3, 0.4) is 0 Å². The van der Waals surface area contributed by atoms with Gasteiger partial charge >= 0.3 is 0 Å². The number of aromatic nitrogens is 6. The molecule has 0 aromatic carbocycles. The molecule has 3 aliphatic heterocycles. The highest BCUT2D eigenvalue weighted by Crippen LogP contribution is 2.37. The van der Waals surface area contributed by atoms with Crippen molar-refractivity contribution in [3.05, 3.63) is 59.8 Å². The van der Waals surface area contributed by atoms with Crippen LogP contribution in [0.5, 0.6) is 5.75 Å². The van der Waals surface area contributed by atoms with Gasteiger partial charge in [-0.2, -0.15) is 10.4 Å². The van der Waals surface area contributed by atoms with E-state index in [4.69, 9.17) is 9.47 Å². The molecule has 7 rings (SSSR count). The zero-order valence-corrected chi connectivity index (χ0v) is 22.8. The molecule has 0 bridgehead atoms. The lowest BCUT2D eigenvalue weighted by molar-refractivity contribution is -0.0735. The molecule has 0 N–H and O–H groups in total. The van der Waals surface area contributed by atoms with Crippen LogP contribution in [0.4, 0.5) is 0 Å². The van der Waals surface area contributed by atoms with E-state index in [1.54, 1.807) is 10.7 Å². The van der Waals surface area contributed by atoms with Crippen molar-refractivity contribution in [2.24, 2.45) is 0 Å². The summed E-state index contributed by atoms with van der Waals surface area (Å²) in [4.78, 5) is 9.42. The van der Waals surface area contributed by atoms with Gasteiger partial charge in [-0.3, -0.25) is 14.8 Å². The minimum absolute atomic E-state index is 0.0124. The van der Waals surface area contributed by atoms with Crippen molar-refractivity contribution in [2.45, 2.75) is 50.4 Å². The van der Waals surface area contributed by atoms with Gasteiger partial charge in [-0.15, -0.1) is 5.10 Å². The molecule has 4 aromatic heterocycles. The van der Waals surface area contributed by atoms with Crippen molar-refractivity contribution >= 4 is 5.52 Å². The van der Waals surface area contributed by atoms with Gasteiger partial charge < -0.3 is 9.47 Å². The number of pyridine rings is 2. The molecule has 11 heteroatoms. The van der Waals surface area contributed by atoms with Gasteiger partial charge in [0.25, 0.3) is 0 Å². The summed E-state index contributed by atoms with van der Waals surface area (Å²) < 4.78 is 15.9. The van der Waals surface area contributed by atoms with Crippen LogP contribution in [0.15, 0.2) is 42.9 Å². The van der Waals surface area contributed by atoms with Crippen LogP contribution >= 0.6 is 0 Å². The molecule has 2 atom stereocenters. The molecule has 0 radical (unpaired) electrons. The van der Waals surface area contributed by atoms with E-state index in [1.807, 2.05) is 36.7 Å². The summed E-state index contributed by atoms with van der Waals surface area (Å²) in [6.45, 7) is 6.78. The van der Waals surface area contributed by atoms with E-state index in [2.05, 4.69) is 54.9 Å². The Balaban J connectivity index is 1.20. The zero-order valence-electron chi connectivity index (χ0n) is 22.8. The SMILES string of the molecule is Cc1c(-c2cc(OC3CCN(C)[C@@H]3c3ccccn3)c3c(C#N)cnn3c2)nnn1C1CCN(C2COC2)CC1. The molecular weight excluding hydrogens is 506 g/mol. The fourth-order valence-electron chi connectivity index (χ4n) is 6.43. The summed E-state index contributed by atoms with van der Waals surface area (Å²) in [7, 11) is 2.10. The van der Waals surface area contributed by atoms with Gasteiger partial charge in [0.2, 0.25) is 0 Å². The molecule has 1 unspecified atom stereocenters. The Bertz CT molecular complexity index is 1550. The lowest BCUT2D eigenvalue weighted by Crippen LogP contribution is -2.52. The third-order valence-electron chi connectivity index (χ3n) is 8.74. The maximum absolute atomic E-state index is 9.82. The number of likely N-dealkylation sites (N-methyl/N-ethyl adjacent to an activating group) is 1. The highest BCUT2D eigenvalue weighted by molar-refractivity contribution is 5.74. The Labute approximate surface area is 232 Å². The standard InChI is InChI=1S/C29H33N9O2/c1-19-27(33-34-38(19)22-6-11-36(12-7-22)23-17-39-18-23)20-13-26(28-21(14-30)15-32-37(28)16-20)40-25-8-10-35(2)29(25)24-5-3-4-9-31-24/h3-5,9,13,15-16,22-23,25,29H,6-8,10-12,17-18H2,1-2H3/t25?,29-/m1/s1. The number of hydrogen-bond acceptors (Lipinski definition) is 9. The minimum atomic E-state index is -0.122. The van der Waals surface area contributed by atoms with Crippen LogP contribution in [0, 0.1) is 18.3 Å². The Morgan fingerprint density at radius 2 is 1.95 bits per heavy atom. The van der Waals surface area contributed by atoms with Crippen LogP contribution in [-0.4, -0.2) is 91.4 Å². The molecule has 0 aliphatic carbocycles. The van der Waals surface area contributed by atoms with Crippen molar-refractivity contribution < 1.29 is 9.47 Å². The molecule has 206 valence electrons. The summed E-state index contributed by atoms with van der Waals surface area (Å²) in [5, 5.41) is 23.5. The van der Waals surface area contributed by atoms with E-state index in [0.717, 1.165) is 74.8 Å². The summed E-state index contributed by atoms with van der Waals surface area (Å²) in [6, 6.07) is 11.1. The average molecular weight is 540 g/mol. The molecular formula is C29H33N9O2. The number of fused-ring (bicyclic) bond motifs is 1. The predicted octanol–water partition coefficient (Wildman–Crippen LogP) is 3.03. The van der Waals surface area contributed by atoms with Crippen molar-refractivity contribution in [1.29, 1.82) is 5.26 Å². The summed E-state index contributed by atoms with van der Waals surface area (Å²) in [5.41, 5.74) is 4.81. The molecule has 7 heterocycles. The van der Waals surface area contributed by atoms with E-state index in [9.17, 15) is 5.26 Å². The molecule has 11 nitrogen and oxygen atoms in total. The first-order valence-electron chi connectivity index (χ1n) is 14.0. The molecule has 40 heavy (non-hydrogen) atoms. The van der Waals surface area contributed by atoms with Crippen molar-refractivity contribution in [1.82, 2.24) is 39.4 Å². The lowest BCUT2D eigenvalue weighted by atomic mass is 10.0. The largest absolute Gasteiger partial charge is 0.486 e. The first-order chi connectivity index (χ1) is 19.6. The van der Waals surface area contributed by atoms with Crippen molar-refractivity contribution in [3.63, 3.8) is 0 Å². The molecule has 0 spiro atoms. The predicted molar refractivity (Wildman–Crippen MR) is 147 cm³/mol.